The van der Waals surface area contributed by atoms with Crippen molar-refractivity contribution in [3.8, 4) is 0 Å². The van der Waals surface area contributed by atoms with E-state index in [0.29, 0.717) is 11.7 Å². The number of ether oxygens (including phenoxy) is 1. The fourth-order valence-corrected chi connectivity index (χ4v) is 1.73. The Labute approximate surface area is 74.1 Å². The molecule has 2 atom stereocenters. The molecule has 1 nitrogen and oxygen atoms in total. The average Bonchev–Trinajstić information content (AvgIpc) is 1.78. The van der Waals surface area contributed by atoms with E-state index in [4.69, 9.17) is 16.3 Å². The molecule has 0 aromatic rings. The maximum absolute atomic E-state index is 5.65. The maximum atomic E-state index is 5.65. The van der Waals surface area contributed by atoms with Gasteiger partial charge in [-0.1, -0.05) is 25.4 Å². The summed E-state index contributed by atoms with van der Waals surface area (Å²) in [6, 6.07) is 0. The third-order valence-corrected chi connectivity index (χ3v) is 2.52. The molecule has 0 N–H and O–H groups in total. The Morgan fingerprint density at radius 1 is 1.45 bits per heavy atom. The molecule has 0 heterocycles. The summed E-state index contributed by atoms with van der Waals surface area (Å²) in [5.41, 5.74) is 0.584. The molecule has 11 heavy (non-hydrogen) atoms. The van der Waals surface area contributed by atoms with Gasteiger partial charge in [0.15, 0.2) is 5.56 Å². The van der Waals surface area contributed by atoms with Gasteiger partial charge >= 0.3 is 0 Å². The van der Waals surface area contributed by atoms with Crippen molar-refractivity contribution in [2.24, 2.45) is 11.8 Å². The summed E-state index contributed by atoms with van der Waals surface area (Å²) in [5.74, 6) is 1.45. The van der Waals surface area contributed by atoms with Crippen molar-refractivity contribution < 1.29 is 4.74 Å². The van der Waals surface area contributed by atoms with Crippen molar-refractivity contribution in [3.63, 3.8) is 0 Å². The van der Waals surface area contributed by atoms with Crippen LogP contribution in [-0.4, -0.2) is 6.10 Å². The Balaban J connectivity index is 2.26. The minimum absolute atomic E-state index is 0.396. The van der Waals surface area contributed by atoms with E-state index >= 15 is 0 Å². The second-order valence-corrected chi connectivity index (χ2v) is 4.14. The van der Waals surface area contributed by atoms with Crippen molar-refractivity contribution in [2.75, 3.05) is 0 Å². The van der Waals surface area contributed by atoms with E-state index in [1.807, 2.05) is 0 Å². The first-order valence-corrected chi connectivity index (χ1v) is 4.64. The molecule has 65 valence electrons. The van der Waals surface area contributed by atoms with Crippen molar-refractivity contribution >= 4 is 11.6 Å². The van der Waals surface area contributed by atoms with E-state index in [-0.39, 0.29) is 0 Å². The van der Waals surface area contributed by atoms with Gasteiger partial charge in [0, 0.05) is 0 Å². The Bertz CT molecular complexity index is 123. The Morgan fingerprint density at radius 2 is 2.09 bits per heavy atom. The molecule has 2 heteroatoms. The van der Waals surface area contributed by atoms with Gasteiger partial charge in [-0.25, -0.2) is 0 Å². The summed E-state index contributed by atoms with van der Waals surface area (Å²) in [6.45, 7) is 6.28. The first-order chi connectivity index (χ1) is 5.11. The highest BCUT2D eigenvalue weighted by Gasteiger charge is 2.34. The topological polar surface area (TPSA) is 9.23 Å². The predicted molar refractivity (Wildman–Crippen MR) is 47.2 cm³/mol. The van der Waals surface area contributed by atoms with Crippen LogP contribution in [0.3, 0.4) is 0 Å². The van der Waals surface area contributed by atoms with Crippen molar-refractivity contribution in [3.05, 3.63) is 5.56 Å². The van der Waals surface area contributed by atoms with Crippen LogP contribution in [0.2, 0.25) is 0 Å². The normalized spacial score (nSPS) is 31.1. The van der Waals surface area contributed by atoms with Crippen LogP contribution in [-0.2, 0) is 4.74 Å². The Morgan fingerprint density at radius 3 is 2.36 bits per heavy atom. The fourth-order valence-electron chi connectivity index (χ4n) is 1.61. The molecular weight excluding hydrogens is 160 g/mol. The monoisotopic (exact) mass is 175 g/mol. The predicted octanol–water partition coefficient (Wildman–Crippen LogP) is 3.19. The van der Waals surface area contributed by atoms with Crippen molar-refractivity contribution in [1.82, 2.24) is 0 Å². The largest absolute Gasteiger partial charge is 0.352 e. The molecule has 0 aromatic heterocycles. The van der Waals surface area contributed by atoms with Crippen molar-refractivity contribution in [2.45, 2.75) is 39.7 Å². The highest BCUT2D eigenvalue weighted by Crippen LogP contribution is 2.37. The van der Waals surface area contributed by atoms with Gasteiger partial charge in [0.25, 0.3) is 0 Å². The molecule has 0 bridgehead atoms. The lowest BCUT2D eigenvalue weighted by molar-refractivity contribution is -0.0395. The Hall–Kier alpha value is 0.250. The zero-order valence-electron chi connectivity index (χ0n) is 7.43. The van der Waals surface area contributed by atoms with Gasteiger partial charge in [-0.3, -0.25) is 0 Å². The first kappa shape index (κ1) is 9.34. The maximum Gasteiger partial charge on any atom is 0.181 e. The minimum atomic E-state index is 0.396. The van der Waals surface area contributed by atoms with Gasteiger partial charge in [0.05, 0.1) is 6.10 Å². The van der Waals surface area contributed by atoms with Gasteiger partial charge in [0.2, 0.25) is 0 Å². The van der Waals surface area contributed by atoms with Crippen LogP contribution in [0.15, 0.2) is 0 Å². The molecule has 0 amide bonds. The summed E-state index contributed by atoms with van der Waals surface area (Å²) in [6.07, 6.45) is 2.87. The zero-order valence-corrected chi connectivity index (χ0v) is 8.19. The second kappa shape index (κ2) is 3.77. The van der Waals surface area contributed by atoms with E-state index in [2.05, 4.69) is 13.8 Å². The third-order valence-electron chi connectivity index (χ3n) is 2.43. The molecule has 1 aliphatic rings. The Kier molecular flexibility index (Phi) is 3.20. The van der Waals surface area contributed by atoms with E-state index in [1.165, 1.54) is 12.8 Å². The van der Waals surface area contributed by atoms with E-state index in [9.17, 15) is 0 Å². The molecule has 0 aliphatic heterocycles. The lowest BCUT2D eigenvalue weighted by Gasteiger charge is -2.39. The minimum Gasteiger partial charge on any atom is -0.352 e. The lowest BCUT2D eigenvalue weighted by Crippen LogP contribution is -2.37. The molecule has 0 aromatic carbocycles. The highest BCUT2D eigenvalue weighted by atomic mass is 35.5. The number of hydrogen-bond acceptors (Lipinski definition) is 1. The first-order valence-electron chi connectivity index (χ1n) is 4.27. The van der Waals surface area contributed by atoms with Crippen LogP contribution in [0.4, 0.5) is 0 Å². The lowest BCUT2D eigenvalue weighted by atomic mass is 9.74. The SMILES string of the molecule is C[C](Cl)OC1CCC1C(C)C. The van der Waals surface area contributed by atoms with Gasteiger partial charge in [-0.15, -0.1) is 0 Å². The molecule has 1 rings (SSSR count). The van der Waals surface area contributed by atoms with Crippen LogP contribution in [0, 0.1) is 17.4 Å². The van der Waals surface area contributed by atoms with Gasteiger partial charge in [0.1, 0.15) is 0 Å². The van der Waals surface area contributed by atoms with Crippen LogP contribution in [0.5, 0.6) is 0 Å². The fraction of sp³-hybridized carbons (Fsp3) is 0.889. The van der Waals surface area contributed by atoms with Crippen LogP contribution in [0.1, 0.15) is 33.6 Å². The van der Waals surface area contributed by atoms with Gasteiger partial charge in [-0.2, -0.15) is 0 Å². The molecule has 1 aliphatic carbocycles. The quantitative estimate of drug-likeness (QED) is 0.640. The number of halogens is 1. The second-order valence-electron chi connectivity index (χ2n) is 3.61. The molecular formula is C9H16ClO. The zero-order chi connectivity index (χ0) is 8.43. The van der Waals surface area contributed by atoms with Crippen LogP contribution in [0.25, 0.3) is 0 Å². The summed E-state index contributed by atoms with van der Waals surface area (Å²) in [4.78, 5) is 0. The standard InChI is InChI=1S/C9H16ClO/c1-6(2)8-4-5-9(8)11-7(3)10/h6,8-9H,4-5H2,1-3H3. The molecule has 2 unspecified atom stereocenters. The van der Waals surface area contributed by atoms with E-state index < -0.39 is 0 Å². The molecule has 1 radical (unpaired) electrons. The third kappa shape index (κ3) is 2.34. The van der Waals surface area contributed by atoms with E-state index in [0.717, 1.165) is 11.8 Å². The number of rotatable bonds is 3. The van der Waals surface area contributed by atoms with E-state index in [1.54, 1.807) is 6.92 Å². The highest BCUT2D eigenvalue weighted by molar-refractivity contribution is 6.25. The molecule has 0 saturated heterocycles. The molecule has 1 saturated carbocycles. The summed E-state index contributed by atoms with van der Waals surface area (Å²) in [5, 5.41) is 0. The van der Waals surface area contributed by atoms with Crippen LogP contribution < -0.4 is 0 Å². The molecule has 0 spiro atoms. The average molecular weight is 176 g/mol. The smallest absolute Gasteiger partial charge is 0.181 e. The van der Waals surface area contributed by atoms with Gasteiger partial charge < -0.3 is 4.74 Å². The molecule has 1 fully saturated rings. The number of hydrogen-bond donors (Lipinski definition) is 0. The summed E-state index contributed by atoms with van der Waals surface area (Å²) < 4.78 is 5.44. The van der Waals surface area contributed by atoms with Gasteiger partial charge in [-0.05, 0) is 31.6 Å². The van der Waals surface area contributed by atoms with Crippen LogP contribution >= 0.6 is 11.6 Å². The summed E-state index contributed by atoms with van der Waals surface area (Å²) >= 11 is 5.65. The summed E-state index contributed by atoms with van der Waals surface area (Å²) in [7, 11) is 0. The van der Waals surface area contributed by atoms with Crippen molar-refractivity contribution in [1.29, 1.82) is 0 Å².